The number of carbonyl (C=O) groups excluding carboxylic acids is 2. The van der Waals surface area contributed by atoms with Crippen LogP contribution in [0.5, 0.6) is 5.75 Å². The average Bonchev–Trinajstić information content (AvgIpc) is 2.72. The summed E-state index contributed by atoms with van der Waals surface area (Å²) in [5.41, 5.74) is 0.703. The second-order valence-corrected chi connectivity index (χ2v) is 9.72. The highest BCUT2D eigenvalue weighted by Gasteiger charge is 2.27. The van der Waals surface area contributed by atoms with E-state index < -0.39 is 0 Å². The van der Waals surface area contributed by atoms with Crippen LogP contribution in [0, 0.1) is 11.3 Å². The van der Waals surface area contributed by atoms with Gasteiger partial charge in [0.25, 0.3) is 5.91 Å². The Labute approximate surface area is 175 Å². The van der Waals surface area contributed by atoms with E-state index in [4.69, 9.17) is 4.74 Å². The van der Waals surface area contributed by atoms with Crippen molar-refractivity contribution in [3.8, 4) is 5.75 Å². The first kappa shape index (κ1) is 21.7. The topological polar surface area (TPSA) is 49.9 Å². The Morgan fingerprint density at radius 2 is 1.62 bits per heavy atom. The van der Waals surface area contributed by atoms with Gasteiger partial charge in [-0.15, -0.1) is 0 Å². The highest BCUT2D eigenvalue weighted by molar-refractivity contribution is 5.97. The fourth-order valence-electron chi connectivity index (χ4n) is 4.16. The third-order valence-corrected chi connectivity index (χ3v) is 5.88. The molecule has 1 aromatic rings. The minimum Gasteiger partial charge on any atom is -0.492 e. The zero-order valence-corrected chi connectivity index (χ0v) is 18.3. The van der Waals surface area contributed by atoms with Gasteiger partial charge in [-0.1, -0.05) is 32.9 Å². The van der Waals surface area contributed by atoms with Gasteiger partial charge in [0, 0.05) is 32.6 Å². The molecule has 2 heterocycles. The molecular formula is C24H36N2O3. The van der Waals surface area contributed by atoms with E-state index >= 15 is 0 Å². The van der Waals surface area contributed by atoms with Gasteiger partial charge in [-0.25, -0.2) is 0 Å². The molecule has 0 aromatic heterocycles. The van der Waals surface area contributed by atoms with E-state index in [-0.39, 0.29) is 17.2 Å². The van der Waals surface area contributed by atoms with Gasteiger partial charge in [-0.2, -0.15) is 0 Å². The minimum atomic E-state index is 0.0294. The summed E-state index contributed by atoms with van der Waals surface area (Å²) in [5.74, 6) is 1.46. The molecule has 5 heteroatoms. The molecule has 1 aromatic carbocycles. The molecule has 5 nitrogen and oxygen atoms in total. The maximum atomic E-state index is 12.9. The lowest BCUT2D eigenvalue weighted by atomic mass is 9.90. The summed E-state index contributed by atoms with van der Waals surface area (Å²) in [5, 5.41) is 0. The number of benzene rings is 1. The van der Waals surface area contributed by atoms with Crippen molar-refractivity contribution < 1.29 is 14.3 Å². The Morgan fingerprint density at radius 1 is 0.966 bits per heavy atom. The molecule has 0 N–H and O–H groups in total. The molecule has 2 aliphatic rings. The third kappa shape index (κ3) is 6.22. The summed E-state index contributed by atoms with van der Waals surface area (Å²) in [4.78, 5) is 29.3. The van der Waals surface area contributed by atoms with E-state index in [1.165, 1.54) is 6.42 Å². The van der Waals surface area contributed by atoms with Crippen LogP contribution in [0.15, 0.2) is 24.3 Å². The Bertz CT molecular complexity index is 696. The Kier molecular flexibility index (Phi) is 7.20. The van der Waals surface area contributed by atoms with Crippen molar-refractivity contribution >= 4 is 11.8 Å². The number of amides is 2. The minimum absolute atomic E-state index is 0.0294. The van der Waals surface area contributed by atoms with Crippen LogP contribution >= 0.6 is 0 Å². The van der Waals surface area contributed by atoms with Crippen LogP contribution in [-0.4, -0.2) is 54.4 Å². The average molecular weight is 401 g/mol. The normalized spacial score (nSPS) is 18.6. The first-order chi connectivity index (χ1) is 13.8. The van der Waals surface area contributed by atoms with Gasteiger partial charge < -0.3 is 14.5 Å². The van der Waals surface area contributed by atoms with Crippen molar-refractivity contribution in [1.82, 2.24) is 9.80 Å². The third-order valence-electron chi connectivity index (χ3n) is 5.88. The van der Waals surface area contributed by atoms with Gasteiger partial charge >= 0.3 is 0 Å². The first-order valence-corrected chi connectivity index (χ1v) is 11.1. The zero-order chi connectivity index (χ0) is 20.9. The molecule has 160 valence electrons. The number of hydrogen-bond donors (Lipinski definition) is 0. The van der Waals surface area contributed by atoms with Crippen molar-refractivity contribution in [3.63, 3.8) is 0 Å². The maximum absolute atomic E-state index is 12.9. The van der Waals surface area contributed by atoms with Crippen molar-refractivity contribution in [2.75, 3.05) is 32.8 Å². The number of nitrogens with zero attached hydrogens (tertiary/aromatic N) is 2. The van der Waals surface area contributed by atoms with Crippen molar-refractivity contribution in [3.05, 3.63) is 29.8 Å². The fourth-order valence-corrected chi connectivity index (χ4v) is 4.16. The molecule has 0 spiro atoms. The number of ether oxygens (including phenoxy) is 1. The lowest BCUT2D eigenvalue weighted by Gasteiger charge is -2.33. The van der Waals surface area contributed by atoms with Crippen molar-refractivity contribution in [1.29, 1.82) is 0 Å². The van der Waals surface area contributed by atoms with E-state index in [1.54, 1.807) is 0 Å². The van der Waals surface area contributed by atoms with Gasteiger partial charge in [-0.05, 0) is 55.6 Å². The standard InChI is InChI=1S/C24H36N2O3/c1-24(2,3)17-22(27)25-15-11-19(12-16-25)18-29-21-10-6-5-9-20(21)23(28)26-13-7-4-8-14-26/h5-6,9-10,19H,4,7-8,11-18H2,1-3H3. The lowest BCUT2D eigenvalue weighted by Crippen LogP contribution is -2.41. The number of para-hydroxylation sites is 1. The molecule has 2 amide bonds. The second kappa shape index (κ2) is 9.64. The summed E-state index contributed by atoms with van der Waals surface area (Å²) >= 11 is 0. The van der Waals surface area contributed by atoms with E-state index in [1.807, 2.05) is 34.1 Å². The smallest absolute Gasteiger partial charge is 0.257 e. The molecule has 0 bridgehead atoms. The van der Waals surface area contributed by atoms with Crippen LogP contribution in [0.25, 0.3) is 0 Å². The number of hydrogen-bond acceptors (Lipinski definition) is 3. The van der Waals surface area contributed by atoms with E-state index in [2.05, 4.69) is 20.8 Å². The molecule has 29 heavy (non-hydrogen) atoms. The molecule has 2 aliphatic heterocycles. The molecule has 3 rings (SSSR count). The Morgan fingerprint density at radius 3 is 2.28 bits per heavy atom. The van der Waals surface area contributed by atoms with Crippen molar-refractivity contribution in [2.45, 2.75) is 59.3 Å². The maximum Gasteiger partial charge on any atom is 0.257 e. The van der Waals surface area contributed by atoms with Crippen LogP contribution in [0.3, 0.4) is 0 Å². The monoisotopic (exact) mass is 400 g/mol. The van der Waals surface area contributed by atoms with Crippen molar-refractivity contribution in [2.24, 2.45) is 11.3 Å². The molecule has 2 saturated heterocycles. The quantitative estimate of drug-likeness (QED) is 0.738. The van der Waals surface area contributed by atoms with Crippen LogP contribution in [0.1, 0.15) is 69.7 Å². The second-order valence-electron chi connectivity index (χ2n) is 9.72. The molecule has 0 aliphatic carbocycles. The zero-order valence-electron chi connectivity index (χ0n) is 18.3. The molecule has 2 fully saturated rings. The number of piperidine rings is 2. The van der Waals surface area contributed by atoms with Gasteiger partial charge in [0.15, 0.2) is 0 Å². The van der Waals surface area contributed by atoms with Crippen LogP contribution in [-0.2, 0) is 4.79 Å². The van der Waals surface area contributed by atoms with Gasteiger partial charge in [0.1, 0.15) is 5.75 Å². The van der Waals surface area contributed by atoms with Crippen LogP contribution in [0.4, 0.5) is 0 Å². The highest BCUT2D eigenvalue weighted by Crippen LogP contribution is 2.26. The molecule has 0 unspecified atom stereocenters. The van der Waals surface area contributed by atoms with E-state index in [0.717, 1.165) is 51.9 Å². The lowest BCUT2D eigenvalue weighted by molar-refractivity contribution is -0.134. The summed E-state index contributed by atoms with van der Waals surface area (Å²) in [6.45, 7) is 10.2. The number of carbonyl (C=O) groups is 2. The predicted octanol–water partition coefficient (Wildman–Crippen LogP) is 4.37. The van der Waals surface area contributed by atoms with Gasteiger partial charge in [0.05, 0.1) is 12.2 Å². The summed E-state index contributed by atoms with van der Waals surface area (Å²) in [6, 6.07) is 7.61. The molecular weight excluding hydrogens is 364 g/mol. The summed E-state index contributed by atoms with van der Waals surface area (Å²) < 4.78 is 6.11. The molecule has 0 atom stereocenters. The van der Waals surface area contributed by atoms with Gasteiger partial charge in [-0.3, -0.25) is 9.59 Å². The summed E-state index contributed by atoms with van der Waals surface area (Å²) in [6.07, 6.45) is 5.89. The highest BCUT2D eigenvalue weighted by atomic mass is 16.5. The molecule has 0 saturated carbocycles. The van der Waals surface area contributed by atoms with E-state index in [9.17, 15) is 9.59 Å². The molecule has 0 radical (unpaired) electrons. The van der Waals surface area contributed by atoms with Crippen LogP contribution < -0.4 is 4.74 Å². The first-order valence-electron chi connectivity index (χ1n) is 11.1. The predicted molar refractivity (Wildman–Crippen MR) is 115 cm³/mol. The van der Waals surface area contributed by atoms with Gasteiger partial charge in [0.2, 0.25) is 5.91 Å². The Balaban J connectivity index is 1.51. The number of likely N-dealkylation sites (tertiary alicyclic amines) is 2. The SMILES string of the molecule is CC(C)(C)CC(=O)N1CCC(COc2ccccc2C(=O)N2CCCCC2)CC1. The number of rotatable bonds is 5. The Hall–Kier alpha value is -2.04. The van der Waals surface area contributed by atoms with E-state index in [0.29, 0.717) is 30.3 Å². The fraction of sp³-hybridized carbons (Fsp3) is 0.667. The summed E-state index contributed by atoms with van der Waals surface area (Å²) in [7, 11) is 0. The largest absolute Gasteiger partial charge is 0.492 e. The van der Waals surface area contributed by atoms with Crippen LogP contribution in [0.2, 0.25) is 0 Å².